The molecule has 0 aromatic carbocycles. The first kappa shape index (κ1) is 11.5. The van der Waals surface area contributed by atoms with Crippen LogP contribution in [0.4, 0.5) is 0 Å². The number of rotatable bonds is 0. The van der Waals surface area contributed by atoms with Gasteiger partial charge in [-0.05, 0) is 32.6 Å². The van der Waals surface area contributed by atoms with Crippen LogP contribution in [0.3, 0.4) is 0 Å². The van der Waals surface area contributed by atoms with E-state index in [4.69, 9.17) is 9.15 Å². The summed E-state index contributed by atoms with van der Waals surface area (Å²) in [5.41, 5.74) is -0.847. The molecule has 0 bridgehead atoms. The smallest absolute Gasteiger partial charge is 0.350 e. The molecule has 1 aromatic heterocycles. The molecule has 96 valence electrons. The number of fused-ring (bicyclic) bond motifs is 1. The fourth-order valence-corrected chi connectivity index (χ4v) is 3.04. The molecule has 3 rings (SSSR count). The third-order valence-corrected chi connectivity index (χ3v) is 3.89. The molecule has 1 saturated carbocycles. The molecule has 4 nitrogen and oxygen atoms in total. The van der Waals surface area contributed by atoms with Gasteiger partial charge in [-0.1, -0.05) is 6.42 Å². The molecule has 0 N–H and O–H groups in total. The Bertz CT molecular complexity index is 549. The first-order valence-electron chi connectivity index (χ1n) is 6.47. The van der Waals surface area contributed by atoms with Crippen LogP contribution in [0.15, 0.2) is 15.3 Å². The van der Waals surface area contributed by atoms with Crippen molar-refractivity contribution in [3.8, 4) is 5.75 Å². The Kier molecular flexibility index (Phi) is 2.54. The van der Waals surface area contributed by atoms with Gasteiger partial charge in [-0.2, -0.15) is 0 Å². The minimum Gasteiger partial charge on any atom is -0.486 e. The largest absolute Gasteiger partial charge is 0.486 e. The second kappa shape index (κ2) is 3.97. The van der Waals surface area contributed by atoms with E-state index in [-0.39, 0.29) is 16.9 Å². The topological polar surface area (TPSA) is 56.5 Å². The summed E-state index contributed by atoms with van der Waals surface area (Å²) in [7, 11) is 0. The Hall–Kier alpha value is -1.58. The maximum Gasteiger partial charge on any atom is 0.350 e. The van der Waals surface area contributed by atoms with Crippen molar-refractivity contribution in [2.75, 3.05) is 0 Å². The van der Waals surface area contributed by atoms with Crippen molar-refractivity contribution >= 4 is 5.78 Å². The van der Waals surface area contributed by atoms with E-state index in [9.17, 15) is 9.59 Å². The van der Waals surface area contributed by atoms with Gasteiger partial charge in [0.15, 0.2) is 5.78 Å². The molecule has 0 saturated heterocycles. The van der Waals surface area contributed by atoms with Gasteiger partial charge in [0.05, 0.1) is 6.42 Å². The van der Waals surface area contributed by atoms with E-state index < -0.39 is 5.63 Å². The molecule has 0 atom stereocenters. The molecule has 0 unspecified atom stereocenters. The van der Waals surface area contributed by atoms with Gasteiger partial charge < -0.3 is 9.15 Å². The summed E-state index contributed by atoms with van der Waals surface area (Å²) in [4.78, 5) is 23.8. The highest BCUT2D eigenvalue weighted by atomic mass is 16.5. The number of ketones is 1. The Morgan fingerprint density at radius 3 is 2.61 bits per heavy atom. The maximum absolute atomic E-state index is 12.2. The van der Waals surface area contributed by atoms with Crippen LogP contribution in [-0.2, 0) is 0 Å². The summed E-state index contributed by atoms with van der Waals surface area (Å²) in [5, 5.41) is 0. The van der Waals surface area contributed by atoms with Gasteiger partial charge in [-0.25, -0.2) is 4.79 Å². The van der Waals surface area contributed by atoms with Crippen LogP contribution < -0.4 is 10.4 Å². The Morgan fingerprint density at radius 1 is 1.17 bits per heavy atom. The molecule has 18 heavy (non-hydrogen) atoms. The van der Waals surface area contributed by atoms with Crippen LogP contribution in [0, 0.1) is 6.92 Å². The van der Waals surface area contributed by atoms with Crippen LogP contribution in [0.5, 0.6) is 5.75 Å². The first-order chi connectivity index (χ1) is 8.60. The molecule has 1 aliphatic heterocycles. The van der Waals surface area contributed by atoms with E-state index in [2.05, 4.69) is 0 Å². The second-order valence-electron chi connectivity index (χ2n) is 5.33. The number of Topliss-reactive ketones (excluding diaryl/α,β-unsaturated/α-hetero) is 1. The molecule has 1 spiro atoms. The average Bonchev–Trinajstić information content (AvgIpc) is 2.27. The SMILES string of the molecule is Cc1cc2c(c(=O)o1)C(=O)CC1(CCCCC1)O2. The summed E-state index contributed by atoms with van der Waals surface area (Å²) in [6.07, 6.45) is 5.48. The fraction of sp³-hybridized carbons (Fsp3) is 0.571. The van der Waals surface area contributed by atoms with Crippen molar-refractivity contribution in [1.29, 1.82) is 0 Å². The number of hydrogen-bond donors (Lipinski definition) is 0. The summed E-state index contributed by atoms with van der Waals surface area (Å²) in [5.74, 6) is 0.771. The normalized spacial score (nSPS) is 21.5. The standard InChI is InChI=1S/C14H16O4/c1-9-7-11-12(13(16)17-9)10(15)8-14(18-11)5-3-2-4-6-14/h7H,2-6,8H2,1H3. The maximum atomic E-state index is 12.2. The van der Waals surface area contributed by atoms with Crippen LogP contribution in [0.25, 0.3) is 0 Å². The molecule has 1 aliphatic carbocycles. The number of carbonyl (C=O) groups excluding carboxylic acids is 1. The molecule has 1 fully saturated rings. The van der Waals surface area contributed by atoms with Crippen molar-refractivity contribution < 1.29 is 13.9 Å². The van der Waals surface area contributed by atoms with Crippen LogP contribution in [0.2, 0.25) is 0 Å². The number of carbonyl (C=O) groups is 1. The zero-order valence-corrected chi connectivity index (χ0v) is 10.5. The monoisotopic (exact) mass is 248 g/mol. The average molecular weight is 248 g/mol. The Labute approximate surface area is 105 Å². The minimum absolute atomic E-state index is 0.0943. The van der Waals surface area contributed by atoms with E-state index in [0.29, 0.717) is 17.9 Å². The molecular weight excluding hydrogens is 232 g/mol. The molecule has 2 heterocycles. The van der Waals surface area contributed by atoms with E-state index in [1.165, 1.54) is 6.42 Å². The first-order valence-corrected chi connectivity index (χ1v) is 6.47. The Balaban J connectivity index is 2.06. The van der Waals surface area contributed by atoms with Crippen molar-refractivity contribution in [2.24, 2.45) is 0 Å². The van der Waals surface area contributed by atoms with Crippen molar-refractivity contribution in [2.45, 2.75) is 51.0 Å². The highest BCUT2D eigenvalue weighted by Crippen LogP contribution is 2.40. The highest BCUT2D eigenvalue weighted by Gasteiger charge is 2.42. The summed E-state index contributed by atoms with van der Waals surface area (Å²) in [6.45, 7) is 1.69. The predicted octanol–water partition coefficient (Wildman–Crippen LogP) is 2.62. The van der Waals surface area contributed by atoms with Crippen molar-refractivity contribution in [3.05, 3.63) is 27.8 Å². The predicted molar refractivity (Wildman–Crippen MR) is 65.1 cm³/mol. The zero-order valence-electron chi connectivity index (χ0n) is 10.5. The Morgan fingerprint density at radius 2 is 1.89 bits per heavy atom. The lowest BCUT2D eigenvalue weighted by Crippen LogP contribution is -2.45. The van der Waals surface area contributed by atoms with E-state index in [1.807, 2.05) is 0 Å². The van der Waals surface area contributed by atoms with Crippen molar-refractivity contribution in [1.82, 2.24) is 0 Å². The quantitative estimate of drug-likeness (QED) is 0.708. The summed E-state index contributed by atoms with van der Waals surface area (Å²) < 4.78 is 11.0. The van der Waals surface area contributed by atoms with Gasteiger partial charge >= 0.3 is 5.63 Å². The van der Waals surface area contributed by atoms with Gasteiger partial charge in [0, 0.05) is 6.07 Å². The van der Waals surface area contributed by atoms with Gasteiger partial charge in [-0.3, -0.25) is 4.79 Å². The summed E-state index contributed by atoms with van der Waals surface area (Å²) >= 11 is 0. The van der Waals surface area contributed by atoms with Gasteiger partial charge in [0.1, 0.15) is 22.7 Å². The molecular formula is C14H16O4. The van der Waals surface area contributed by atoms with E-state index >= 15 is 0 Å². The fourth-order valence-electron chi connectivity index (χ4n) is 3.04. The lowest BCUT2D eigenvalue weighted by atomic mass is 9.78. The van der Waals surface area contributed by atoms with E-state index in [0.717, 1.165) is 25.7 Å². The number of hydrogen-bond acceptors (Lipinski definition) is 4. The van der Waals surface area contributed by atoms with Crippen molar-refractivity contribution in [3.63, 3.8) is 0 Å². The van der Waals surface area contributed by atoms with Crippen LogP contribution >= 0.6 is 0 Å². The van der Waals surface area contributed by atoms with Gasteiger partial charge in [0.25, 0.3) is 0 Å². The third-order valence-electron chi connectivity index (χ3n) is 3.89. The summed E-state index contributed by atoms with van der Waals surface area (Å²) in [6, 6.07) is 1.66. The lowest BCUT2D eigenvalue weighted by Gasteiger charge is -2.40. The third kappa shape index (κ3) is 1.76. The van der Waals surface area contributed by atoms with Gasteiger partial charge in [-0.15, -0.1) is 0 Å². The lowest BCUT2D eigenvalue weighted by molar-refractivity contribution is 0.0124. The van der Waals surface area contributed by atoms with Crippen LogP contribution in [-0.4, -0.2) is 11.4 Å². The van der Waals surface area contributed by atoms with E-state index in [1.54, 1.807) is 13.0 Å². The molecule has 0 radical (unpaired) electrons. The van der Waals surface area contributed by atoms with Gasteiger partial charge in [0.2, 0.25) is 0 Å². The highest BCUT2D eigenvalue weighted by molar-refractivity contribution is 5.99. The minimum atomic E-state index is -0.569. The van der Waals surface area contributed by atoms with Crippen LogP contribution in [0.1, 0.15) is 54.6 Å². The molecule has 4 heteroatoms. The number of aryl methyl sites for hydroxylation is 1. The molecule has 1 aromatic rings. The number of ether oxygens (including phenoxy) is 1. The zero-order chi connectivity index (χ0) is 12.8. The molecule has 2 aliphatic rings. The second-order valence-corrected chi connectivity index (χ2v) is 5.33. The molecule has 0 amide bonds.